The van der Waals surface area contributed by atoms with Crippen molar-refractivity contribution in [2.45, 2.75) is 13.0 Å². The molecule has 2 aromatic heterocycles. The number of halogens is 2. The van der Waals surface area contributed by atoms with E-state index in [1.165, 1.54) is 4.90 Å². The second-order valence-corrected chi connectivity index (χ2v) is 8.55. The number of benzene rings is 2. The SMILES string of the molecule is Cc1cc(Cl)ccc1N1C(=O)C(O)=C(C(=O)c2cc3cc(Cl)ccc3o2)C1c1ccncc1. The van der Waals surface area contributed by atoms with Crippen molar-refractivity contribution in [3.63, 3.8) is 0 Å². The number of aliphatic hydroxyl groups is 1. The Bertz CT molecular complexity index is 1460. The summed E-state index contributed by atoms with van der Waals surface area (Å²) in [7, 11) is 0. The minimum Gasteiger partial charge on any atom is -0.503 e. The number of ketones is 1. The minimum absolute atomic E-state index is 0.00430. The highest BCUT2D eigenvalue weighted by Gasteiger charge is 2.45. The summed E-state index contributed by atoms with van der Waals surface area (Å²) in [6, 6.07) is 14.1. The molecule has 1 unspecified atom stereocenters. The molecule has 5 rings (SSSR count). The van der Waals surface area contributed by atoms with Gasteiger partial charge in [0, 0.05) is 33.5 Å². The van der Waals surface area contributed by atoms with E-state index in [2.05, 4.69) is 4.98 Å². The van der Waals surface area contributed by atoms with Crippen molar-refractivity contribution in [2.24, 2.45) is 0 Å². The molecular formula is C25H16Cl2N2O4. The maximum Gasteiger partial charge on any atom is 0.294 e. The number of pyridine rings is 1. The molecule has 1 amide bonds. The molecule has 33 heavy (non-hydrogen) atoms. The van der Waals surface area contributed by atoms with Crippen LogP contribution in [0.1, 0.15) is 27.7 Å². The fourth-order valence-corrected chi connectivity index (χ4v) is 4.50. The van der Waals surface area contributed by atoms with Gasteiger partial charge in [-0.3, -0.25) is 19.5 Å². The summed E-state index contributed by atoms with van der Waals surface area (Å²) >= 11 is 12.2. The van der Waals surface area contributed by atoms with E-state index in [4.69, 9.17) is 27.6 Å². The highest BCUT2D eigenvalue weighted by atomic mass is 35.5. The van der Waals surface area contributed by atoms with Gasteiger partial charge in [-0.25, -0.2) is 0 Å². The molecule has 0 radical (unpaired) electrons. The van der Waals surface area contributed by atoms with Gasteiger partial charge < -0.3 is 9.52 Å². The van der Waals surface area contributed by atoms with E-state index < -0.39 is 23.5 Å². The lowest BCUT2D eigenvalue weighted by atomic mass is 9.95. The molecule has 0 bridgehead atoms. The molecule has 1 aliphatic heterocycles. The number of aliphatic hydroxyl groups excluding tert-OH is 1. The fraction of sp³-hybridized carbons (Fsp3) is 0.0800. The molecule has 1 N–H and O–H groups in total. The molecule has 0 fully saturated rings. The van der Waals surface area contributed by atoms with Crippen LogP contribution < -0.4 is 4.90 Å². The molecule has 1 aliphatic rings. The van der Waals surface area contributed by atoms with E-state index in [0.717, 1.165) is 5.56 Å². The number of rotatable bonds is 4. The monoisotopic (exact) mass is 478 g/mol. The molecule has 0 saturated heterocycles. The molecule has 4 aromatic rings. The summed E-state index contributed by atoms with van der Waals surface area (Å²) in [5, 5.41) is 12.5. The highest BCUT2D eigenvalue weighted by Crippen LogP contribution is 2.43. The van der Waals surface area contributed by atoms with Crippen LogP contribution in [0, 0.1) is 6.92 Å². The molecule has 0 aliphatic carbocycles. The normalized spacial score (nSPS) is 16.2. The van der Waals surface area contributed by atoms with Crippen LogP contribution in [0.5, 0.6) is 0 Å². The third-order valence-corrected chi connectivity index (χ3v) is 6.07. The van der Waals surface area contributed by atoms with Crippen LogP contribution in [0.2, 0.25) is 10.0 Å². The Morgan fingerprint density at radius 1 is 1.03 bits per heavy atom. The van der Waals surface area contributed by atoms with Crippen LogP contribution in [-0.2, 0) is 4.79 Å². The van der Waals surface area contributed by atoms with Crippen molar-refractivity contribution in [3.8, 4) is 0 Å². The lowest BCUT2D eigenvalue weighted by molar-refractivity contribution is -0.117. The Labute approximate surface area is 198 Å². The summed E-state index contributed by atoms with van der Waals surface area (Å²) < 4.78 is 5.73. The van der Waals surface area contributed by atoms with Gasteiger partial charge in [0.15, 0.2) is 11.5 Å². The Morgan fingerprint density at radius 2 is 1.73 bits per heavy atom. The van der Waals surface area contributed by atoms with Gasteiger partial charge >= 0.3 is 0 Å². The van der Waals surface area contributed by atoms with Gasteiger partial charge in [0.25, 0.3) is 5.91 Å². The number of nitrogens with zero attached hydrogens (tertiary/aromatic N) is 2. The van der Waals surface area contributed by atoms with Gasteiger partial charge in [-0.2, -0.15) is 0 Å². The smallest absolute Gasteiger partial charge is 0.294 e. The first-order chi connectivity index (χ1) is 15.8. The zero-order valence-electron chi connectivity index (χ0n) is 17.3. The predicted molar refractivity (Wildman–Crippen MR) is 126 cm³/mol. The van der Waals surface area contributed by atoms with Crippen molar-refractivity contribution < 1.29 is 19.1 Å². The van der Waals surface area contributed by atoms with Gasteiger partial charge in [-0.15, -0.1) is 0 Å². The maximum atomic E-state index is 13.6. The lowest BCUT2D eigenvalue weighted by Crippen LogP contribution is -2.31. The second-order valence-electron chi connectivity index (χ2n) is 7.67. The van der Waals surface area contributed by atoms with Crippen LogP contribution in [0.4, 0.5) is 5.69 Å². The fourth-order valence-electron chi connectivity index (χ4n) is 4.09. The molecule has 0 spiro atoms. The number of aromatic nitrogens is 1. The largest absolute Gasteiger partial charge is 0.503 e. The van der Waals surface area contributed by atoms with Gasteiger partial charge in [0.1, 0.15) is 5.58 Å². The number of furan rings is 1. The number of anilines is 1. The third-order valence-electron chi connectivity index (χ3n) is 5.60. The standard InChI is InChI=1S/C25H16Cl2N2O4/c1-13-10-16(26)2-4-18(13)29-22(14-6-8-28-9-7-14)21(24(31)25(29)32)23(30)20-12-15-11-17(27)3-5-19(15)33-20/h2-12,22,31H,1H3. The van der Waals surface area contributed by atoms with Crippen molar-refractivity contribution in [1.82, 2.24) is 4.98 Å². The van der Waals surface area contributed by atoms with Crippen LogP contribution >= 0.6 is 23.2 Å². The first-order valence-corrected chi connectivity index (χ1v) is 10.8. The number of hydrogen-bond donors (Lipinski definition) is 1. The Kier molecular flexibility index (Phi) is 5.19. The third kappa shape index (κ3) is 3.57. The van der Waals surface area contributed by atoms with Crippen molar-refractivity contribution in [3.05, 3.63) is 105 Å². The average Bonchev–Trinajstić information content (AvgIpc) is 3.33. The van der Waals surface area contributed by atoms with E-state index in [1.54, 1.807) is 73.9 Å². The Hall–Kier alpha value is -3.61. The molecule has 1 atom stereocenters. The number of carbonyl (C=O) groups is 2. The van der Waals surface area contributed by atoms with Crippen molar-refractivity contribution in [1.29, 1.82) is 0 Å². The molecule has 6 nitrogen and oxygen atoms in total. The lowest BCUT2D eigenvalue weighted by Gasteiger charge is -2.28. The topological polar surface area (TPSA) is 83.6 Å². The second kappa shape index (κ2) is 8.06. The van der Waals surface area contributed by atoms with Crippen molar-refractivity contribution in [2.75, 3.05) is 4.90 Å². The minimum atomic E-state index is -0.885. The highest BCUT2D eigenvalue weighted by molar-refractivity contribution is 6.31. The van der Waals surface area contributed by atoms with Crippen LogP contribution in [0.25, 0.3) is 11.0 Å². The van der Waals surface area contributed by atoms with Crippen LogP contribution in [0.3, 0.4) is 0 Å². The number of Topliss-reactive ketones (excluding diaryl/α,β-unsaturated/α-hetero) is 1. The summed E-state index contributed by atoms with van der Waals surface area (Å²) in [5.41, 5.74) is 2.25. The molecule has 8 heteroatoms. The number of carbonyl (C=O) groups excluding carboxylic acids is 2. The van der Waals surface area contributed by atoms with Gasteiger partial charge in [-0.1, -0.05) is 23.2 Å². The molecular weight excluding hydrogens is 463 g/mol. The quantitative estimate of drug-likeness (QED) is 0.351. The Balaban J connectivity index is 1.67. The van der Waals surface area contributed by atoms with Crippen LogP contribution in [0.15, 0.2) is 82.7 Å². The molecule has 3 heterocycles. The van der Waals surface area contributed by atoms with E-state index in [1.807, 2.05) is 0 Å². The number of aryl methyl sites for hydroxylation is 1. The number of amides is 1. The van der Waals surface area contributed by atoms with Crippen molar-refractivity contribution >= 4 is 51.5 Å². The van der Waals surface area contributed by atoms with Gasteiger partial charge in [0.2, 0.25) is 5.78 Å². The van der Waals surface area contributed by atoms with E-state index >= 15 is 0 Å². The number of fused-ring (bicyclic) bond motifs is 1. The summed E-state index contributed by atoms with van der Waals surface area (Å²) in [4.78, 5) is 32.3. The average molecular weight is 479 g/mol. The molecule has 164 valence electrons. The van der Waals surface area contributed by atoms with Gasteiger partial charge in [-0.05, 0) is 72.6 Å². The molecule has 0 saturated carbocycles. The summed E-state index contributed by atoms with van der Waals surface area (Å²) in [5.74, 6) is -1.92. The number of hydrogen-bond acceptors (Lipinski definition) is 5. The van der Waals surface area contributed by atoms with E-state index in [0.29, 0.717) is 32.3 Å². The van der Waals surface area contributed by atoms with E-state index in [-0.39, 0.29) is 11.3 Å². The van der Waals surface area contributed by atoms with Crippen LogP contribution in [-0.4, -0.2) is 21.8 Å². The first kappa shape index (κ1) is 21.2. The maximum absolute atomic E-state index is 13.6. The zero-order valence-corrected chi connectivity index (χ0v) is 18.8. The summed E-state index contributed by atoms with van der Waals surface area (Å²) in [6.07, 6.45) is 3.13. The first-order valence-electron chi connectivity index (χ1n) is 10.0. The van der Waals surface area contributed by atoms with E-state index in [9.17, 15) is 14.7 Å². The summed E-state index contributed by atoms with van der Waals surface area (Å²) in [6.45, 7) is 1.80. The predicted octanol–water partition coefficient (Wildman–Crippen LogP) is 6.23. The molecule has 2 aromatic carbocycles. The Morgan fingerprint density at radius 3 is 2.45 bits per heavy atom. The van der Waals surface area contributed by atoms with Gasteiger partial charge in [0.05, 0.1) is 11.6 Å². The zero-order chi connectivity index (χ0) is 23.3.